The largest absolute Gasteiger partial charge is 1.00 e. The van der Waals surface area contributed by atoms with Gasteiger partial charge in [0.25, 0.3) is 0 Å². The van der Waals surface area contributed by atoms with Gasteiger partial charge in [0.2, 0.25) is 0 Å². The second-order valence-electron chi connectivity index (χ2n) is 0. The van der Waals surface area contributed by atoms with Crippen LogP contribution >= 0.6 is 0 Å². The van der Waals surface area contributed by atoms with Crippen molar-refractivity contribution >= 4 is 0 Å². The van der Waals surface area contributed by atoms with Crippen molar-refractivity contribution in [1.82, 2.24) is 0 Å². The van der Waals surface area contributed by atoms with Crippen LogP contribution in [0.25, 0.3) is 0 Å². The molecule has 0 aromatic heterocycles. The number of hydrogen-bond donors (Lipinski definition) is 0. The maximum Gasteiger partial charge on any atom is 1.00 e. The van der Waals surface area contributed by atoms with E-state index in [0.29, 0.717) is 0 Å². The molecule has 0 rings (SSSR count). The predicted molar refractivity (Wildman–Crippen MR) is 28.9 cm³/mol. The summed E-state index contributed by atoms with van der Waals surface area (Å²) in [7, 11) is 0. The molecule has 0 unspecified atom stereocenters. The van der Waals surface area contributed by atoms with Crippen LogP contribution in [-0.2, 0) is 0 Å². The molecule has 0 saturated carbocycles. The minimum Gasteiger partial charge on any atom is -1.00 e. The summed E-state index contributed by atoms with van der Waals surface area (Å²) in [6.45, 7) is 0. The molecule has 0 fully saturated rings. The van der Waals surface area contributed by atoms with Crippen molar-refractivity contribution in [2.75, 3.05) is 0 Å². The molecule has 0 radical (unpaired) electrons. The molecule has 0 atom stereocenters. The van der Waals surface area contributed by atoms with E-state index in [9.17, 15) is 0 Å². The van der Waals surface area contributed by atoms with Crippen molar-refractivity contribution in [3.63, 3.8) is 0 Å². The zero-order valence-electron chi connectivity index (χ0n) is 5.38. The quantitative estimate of drug-likeness (QED) is 0.331. The maximum atomic E-state index is 0. The van der Waals surface area contributed by atoms with Gasteiger partial charge in [-0.25, -0.2) is 0 Å². The summed E-state index contributed by atoms with van der Waals surface area (Å²) in [5.74, 6) is 0. The van der Waals surface area contributed by atoms with Gasteiger partial charge in [-0.3, -0.25) is 0 Å². The van der Waals surface area contributed by atoms with Crippen LogP contribution in [0.15, 0.2) is 0 Å². The minimum atomic E-state index is 0. The molecule has 8 nitrogen and oxygen atoms in total. The Morgan fingerprint density at radius 2 is 0.300 bits per heavy atom. The van der Waals surface area contributed by atoms with Crippen molar-refractivity contribution in [3.05, 3.63) is 0 Å². The molecule has 10 heteroatoms. The molecule has 0 aliphatic rings. The molecule has 0 aliphatic heterocycles. The summed E-state index contributed by atoms with van der Waals surface area (Å²) in [5.41, 5.74) is 0. The predicted octanol–water partition coefficient (Wildman–Crippen LogP) is -12.6. The van der Waals surface area contributed by atoms with Crippen LogP contribution in [0.5, 0.6) is 0 Å². The molecule has 0 aromatic rings. The fraction of sp³-hybridized carbons (Fsp3) is 0. The van der Waals surface area contributed by atoms with E-state index in [1.807, 2.05) is 0 Å². The first kappa shape index (κ1) is 1160. The third-order valence-corrected chi connectivity index (χ3v) is 0. The summed E-state index contributed by atoms with van der Waals surface area (Å²) in [6.07, 6.45) is 0. The number of halogens is 1. The minimum absolute atomic E-state index is 0. The zero-order valence-corrected chi connectivity index (χ0v) is 8.13. The molecule has 72 valence electrons. The molecule has 16 N–H and O–H groups in total. The summed E-state index contributed by atoms with van der Waals surface area (Å²) in [6, 6.07) is 0. The molecule has 0 saturated heterocycles. The van der Waals surface area contributed by atoms with Gasteiger partial charge in [-0.15, -0.1) is 0 Å². The summed E-state index contributed by atoms with van der Waals surface area (Å²) in [4.78, 5) is 0. The fourth-order valence-electron chi connectivity index (χ4n) is 0. The van der Waals surface area contributed by atoms with E-state index < -0.39 is 0 Å². The van der Waals surface area contributed by atoms with Crippen LogP contribution in [-0.4, -0.2) is 43.8 Å². The Balaban J connectivity index is 0. The average molecular weight is 203 g/mol. The molecular weight excluding hydrogens is 186 g/mol. The first-order valence-corrected chi connectivity index (χ1v) is 0. The van der Waals surface area contributed by atoms with Crippen molar-refractivity contribution in [1.29, 1.82) is 0 Å². The smallest absolute Gasteiger partial charge is 1.00 e. The van der Waals surface area contributed by atoms with Gasteiger partial charge in [0.05, 0.1) is 0 Å². The van der Waals surface area contributed by atoms with Gasteiger partial charge < -0.3 is 56.2 Å². The monoisotopic (exact) mass is 202 g/mol. The van der Waals surface area contributed by atoms with E-state index in [1.54, 1.807) is 0 Å². The van der Waals surface area contributed by atoms with Gasteiger partial charge in [-0.1, -0.05) is 0 Å². The Bertz CT molecular complexity index is 9.22. The van der Waals surface area contributed by atoms with Gasteiger partial charge in [0.15, 0.2) is 0 Å². The van der Waals surface area contributed by atoms with Gasteiger partial charge in [-0.05, 0) is 0 Å². The van der Waals surface area contributed by atoms with E-state index in [2.05, 4.69) is 0 Å². The van der Waals surface area contributed by atoms with Gasteiger partial charge in [0, 0.05) is 0 Å². The van der Waals surface area contributed by atoms with Gasteiger partial charge in [-0.2, -0.15) is 0 Å². The Labute approximate surface area is 85.8 Å². The number of rotatable bonds is 0. The molecule has 0 bridgehead atoms. The van der Waals surface area contributed by atoms with E-state index in [4.69, 9.17) is 0 Å². The van der Waals surface area contributed by atoms with Gasteiger partial charge >= 0.3 is 29.6 Å². The van der Waals surface area contributed by atoms with E-state index in [0.717, 1.165) is 0 Å². The SMILES string of the molecule is O.O.O.O.O.O.O.O.[Cl-].[Na+]. The van der Waals surface area contributed by atoms with Crippen LogP contribution in [0.3, 0.4) is 0 Å². The van der Waals surface area contributed by atoms with Crippen molar-refractivity contribution in [3.8, 4) is 0 Å². The van der Waals surface area contributed by atoms with E-state index in [1.165, 1.54) is 0 Å². The Morgan fingerprint density at radius 1 is 0.300 bits per heavy atom. The van der Waals surface area contributed by atoms with Crippen molar-refractivity contribution in [2.24, 2.45) is 0 Å². The summed E-state index contributed by atoms with van der Waals surface area (Å²) < 4.78 is 0. The molecule has 0 spiro atoms. The van der Waals surface area contributed by atoms with Gasteiger partial charge in [0.1, 0.15) is 0 Å². The van der Waals surface area contributed by atoms with Crippen LogP contribution in [0.4, 0.5) is 0 Å². The van der Waals surface area contributed by atoms with Crippen molar-refractivity contribution in [2.45, 2.75) is 0 Å². The van der Waals surface area contributed by atoms with Crippen LogP contribution < -0.4 is 42.0 Å². The van der Waals surface area contributed by atoms with Crippen LogP contribution in [0.1, 0.15) is 0 Å². The van der Waals surface area contributed by atoms with E-state index >= 15 is 0 Å². The third kappa shape index (κ3) is 606. The van der Waals surface area contributed by atoms with Crippen LogP contribution in [0, 0.1) is 0 Å². The number of hydrogen-bond acceptors (Lipinski definition) is 0. The summed E-state index contributed by atoms with van der Waals surface area (Å²) in [5, 5.41) is 0. The Hall–Kier alpha value is 0.970. The normalized spacial score (nSPS) is 0. The standard InChI is InChI=1S/ClH.Na.8H2O/h1H;;8*1H2/q;+1;;;;;;;;/p-1. The average Bonchev–Trinajstić information content (AvgIpc) is 0. The topological polar surface area (TPSA) is 252 Å². The molecule has 10 heavy (non-hydrogen) atoms. The third-order valence-electron chi connectivity index (χ3n) is 0. The molecule has 0 aromatic carbocycles. The summed E-state index contributed by atoms with van der Waals surface area (Å²) >= 11 is 0. The molecule has 0 heterocycles. The molecular formula is H16ClNaO8. The molecule has 0 amide bonds. The second kappa shape index (κ2) is 853. The first-order valence-electron chi connectivity index (χ1n) is 0. The maximum absolute atomic E-state index is 0. The Morgan fingerprint density at radius 3 is 0.300 bits per heavy atom. The Kier molecular flexibility index (Phi) is 98800. The molecule has 0 aliphatic carbocycles. The fourth-order valence-corrected chi connectivity index (χ4v) is 0. The van der Waals surface area contributed by atoms with E-state index in [-0.39, 0.29) is 85.8 Å². The zero-order chi connectivity index (χ0) is 0. The second-order valence-corrected chi connectivity index (χ2v) is 0. The van der Waals surface area contributed by atoms with Crippen LogP contribution in [0.2, 0.25) is 0 Å². The van der Waals surface area contributed by atoms with Crippen molar-refractivity contribution < 1.29 is 85.8 Å². The first-order chi connectivity index (χ1) is 0.